The number of carbonyl (C=O) groups excluding carboxylic acids is 2. The van der Waals surface area contributed by atoms with Crippen molar-refractivity contribution in [2.24, 2.45) is 23.2 Å². The van der Waals surface area contributed by atoms with Crippen LogP contribution in [0.5, 0.6) is 0 Å². The smallest absolute Gasteiger partial charge is 0.274 e. The van der Waals surface area contributed by atoms with Crippen LogP contribution < -0.4 is 5.32 Å². The Morgan fingerprint density at radius 2 is 2.06 bits per heavy atom. The zero-order chi connectivity index (χ0) is 22.2. The van der Waals surface area contributed by atoms with E-state index in [2.05, 4.69) is 31.1 Å². The number of aromatic nitrogens is 2. The van der Waals surface area contributed by atoms with Gasteiger partial charge in [0.2, 0.25) is 0 Å². The third-order valence-corrected chi connectivity index (χ3v) is 7.92. The van der Waals surface area contributed by atoms with Gasteiger partial charge in [-0.05, 0) is 67.9 Å². The maximum absolute atomic E-state index is 13.0. The summed E-state index contributed by atoms with van der Waals surface area (Å²) in [5, 5.41) is 3.17. The summed E-state index contributed by atoms with van der Waals surface area (Å²) in [6.07, 6.45) is 7.51. The van der Waals surface area contributed by atoms with Gasteiger partial charge in [-0.2, -0.15) is 0 Å². The minimum absolute atomic E-state index is 0.0741. The fourth-order valence-corrected chi connectivity index (χ4v) is 5.73. The van der Waals surface area contributed by atoms with Crippen LogP contribution in [0.4, 0.5) is 0 Å². The zero-order valence-electron chi connectivity index (χ0n) is 19.4. The number of imidazole rings is 1. The number of hydrogen-bond acceptors (Lipinski definition) is 3. The average molecular weight is 425 g/mol. The molecule has 0 radical (unpaired) electrons. The number of nitrogens with zero attached hydrogens (tertiary/aromatic N) is 3. The number of carbonyl (C=O) groups is 2. The molecule has 1 N–H and O–H groups in total. The van der Waals surface area contributed by atoms with Gasteiger partial charge in [-0.3, -0.25) is 14.0 Å². The minimum Gasteiger partial charge on any atom is -0.350 e. The summed E-state index contributed by atoms with van der Waals surface area (Å²) >= 11 is 0. The molecule has 6 heteroatoms. The van der Waals surface area contributed by atoms with Gasteiger partial charge in [0.1, 0.15) is 17.0 Å². The average Bonchev–Trinajstić information content (AvgIpc) is 3.22. The molecule has 0 aromatic carbocycles. The standard InChI is InChI=1S/C25H36N4O2/c1-5-7-13-28(6-2)24(31)20-16-29-21(9-8-10-22(29)27-20)23(30)26-15-17-11-12-18-14-19(17)25(18,3)4/h8-10,16-19H,5-7,11-15H2,1-4H3,(H,26,30)/t17-,18-,19-/m0/s1. The number of hydrogen-bond donors (Lipinski definition) is 1. The van der Waals surface area contributed by atoms with Gasteiger partial charge in [-0.25, -0.2) is 4.98 Å². The van der Waals surface area contributed by atoms with E-state index in [4.69, 9.17) is 0 Å². The first-order chi connectivity index (χ1) is 14.9. The second-order valence-corrected chi connectivity index (χ2v) is 9.91. The van der Waals surface area contributed by atoms with Crippen LogP contribution in [-0.2, 0) is 0 Å². The molecule has 3 aliphatic rings. The van der Waals surface area contributed by atoms with Gasteiger partial charge in [0, 0.05) is 25.8 Å². The molecule has 2 aromatic heterocycles. The molecule has 31 heavy (non-hydrogen) atoms. The van der Waals surface area contributed by atoms with E-state index in [9.17, 15) is 9.59 Å². The quantitative estimate of drug-likeness (QED) is 0.683. The van der Waals surface area contributed by atoms with E-state index >= 15 is 0 Å². The Labute approximate surface area is 185 Å². The van der Waals surface area contributed by atoms with Crippen LogP contribution in [0.1, 0.15) is 80.8 Å². The number of fused-ring (bicyclic) bond motifs is 3. The third kappa shape index (κ3) is 3.97. The minimum atomic E-state index is -0.0976. The lowest BCUT2D eigenvalue weighted by Gasteiger charge is -2.60. The van der Waals surface area contributed by atoms with E-state index in [1.165, 1.54) is 19.3 Å². The number of nitrogens with one attached hydrogen (secondary N) is 1. The van der Waals surface area contributed by atoms with Crippen molar-refractivity contribution in [3.8, 4) is 0 Å². The highest BCUT2D eigenvalue weighted by atomic mass is 16.2. The van der Waals surface area contributed by atoms with Crippen LogP contribution in [0.2, 0.25) is 0 Å². The highest BCUT2D eigenvalue weighted by Crippen LogP contribution is 2.61. The molecular formula is C25H36N4O2. The maximum Gasteiger partial charge on any atom is 0.274 e. The van der Waals surface area contributed by atoms with Crippen molar-refractivity contribution in [3.63, 3.8) is 0 Å². The Bertz CT molecular complexity index is 962. The normalized spacial score (nSPS) is 23.9. The Balaban J connectivity index is 1.47. The molecule has 2 bridgehead atoms. The summed E-state index contributed by atoms with van der Waals surface area (Å²) in [7, 11) is 0. The number of unbranched alkanes of at least 4 members (excludes halogenated alkanes) is 1. The first kappa shape index (κ1) is 21.8. The van der Waals surface area contributed by atoms with Crippen LogP contribution in [0.15, 0.2) is 24.4 Å². The molecule has 2 amide bonds. The van der Waals surface area contributed by atoms with Crippen LogP contribution in [-0.4, -0.2) is 45.7 Å². The van der Waals surface area contributed by atoms with Crippen molar-refractivity contribution < 1.29 is 9.59 Å². The van der Waals surface area contributed by atoms with Gasteiger partial charge in [-0.1, -0.05) is 33.3 Å². The van der Waals surface area contributed by atoms with Gasteiger partial charge in [0.05, 0.1) is 0 Å². The molecule has 5 rings (SSSR count). The molecule has 6 nitrogen and oxygen atoms in total. The third-order valence-electron chi connectivity index (χ3n) is 7.92. The number of amides is 2. The van der Waals surface area contributed by atoms with E-state index in [1.54, 1.807) is 16.7 Å². The highest BCUT2D eigenvalue weighted by molar-refractivity contribution is 5.95. The molecule has 3 fully saturated rings. The largest absolute Gasteiger partial charge is 0.350 e. The van der Waals surface area contributed by atoms with Gasteiger partial charge in [0.25, 0.3) is 11.8 Å². The fraction of sp³-hybridized carbons (Fsp3) is 0.640. The predicted molar refractivity (Wildman–Crippen MR) is 122 cm³/mol. The van der Waals surface area contributed by atoms with Crippen molar-refractivity contribution in [3.05, 3.63) is 35.8 Å². The fourth-order valence-electron chi connectivity index (χ4n) is 5.73. The SMILES string of the molecule is CCCCN(CC)C(=O)c1cn2c(C(=O)NC[C@@H]3CC[C@H]4C[C@@H]3C4(C)C)cccc2n1. The van der Waals surface area contributed by atoms with E-state index < -0.39 is 0 Å². The molecule has 3 aliphatic carbocycles. The summed E-state index contributed by atoms with van der Waals surface area (Å²) in [6.45, 7) is 11.0. The van der Waals surface area contributed by atoms with Crippen LogP contribution >= 0.6 is 0 Å². The van der Waals surface area contributed by atoms with Crippen LogP contribution in [0.3, 0.4) is 0 Å². The summed E-state index contributed by atoms with van der Waals surface area (Å²) in [5.41, 5.74) is 1.97. The second-order valence-electron chi connectivity index (χ2n) is 9.91. The molecule has 0 aliphatic heterocycles. The molecular weight excluding hydrogens is 388 g/mol. The lowest BCUT2D eigenvalue weighted by atomic mass is 9.45. The monoisotopic (exact) mass is 424 g/mol. The molecule has 168 valence electrons. The van der Waals surface area contributed by atoms with Crippen LogP contribution in [0.25, 0.3) is 5.65 Å². The lowest BCUT2D eigenvalue weighted by molar-refractivity contribution is -0.103. The molecule has 2 aromatic rings. The van der Waals surface area contributed by atoms with Crippen molar-refractivity contribution in [1.29, 1.82) is 0 Å². The molecule has 3 saturated carbocycles. The van der Waals surface area contributed by atoms with Crippen LogP contribution in [0, 0.1) is 23.2 Å². The maximum atomic E-state index is 13.0. The first-order valence-electron chi connectivity index (χ1n) is 11.9. The van der Waals surface area contributed by atoms with Crippen molar-refractivity contribution in [2.45, 2.75) is 59.8 Å². The summed E-state index contributed by atoms with van der Waals surface area (Å²) in [6, 6.07) is 5.48. The molecule has 0 unspecified atom stereocenters. The van der Waals surface area contributed by atoms with Gasteiger partial charge in [-0.15, -0.1) is 0 Å². The van der Waals surface area contributed by atoms with Gasteiger partial charge < -0.3 is 10.2 Å². The van der Waals surface area contributed by atoms with E-state index in [1.807, 2.05) is 24.0 Å². The van der Waals surface area contributed by atoms with Crippen molar-refractivity contribution >= 4 is 17.5 Å². The Morgan fingerprint density at radius 3 is 2.74 bits per heavy atom. The highest BCUT2D eigenvalue weighted by Gasteiger charge is 2.53. The number of pyridine rings is 1. The Kier molecular flexibility index (Phi) is 6.09. The topological polar surface area (TPSA) is 66.7 Å². The molecule has 3 atom stereocenters. The van der Waals surface area contributed by atoms with Gasteiger partial charge in [0.15, 0.2) is 0 Å². The molecule has 0 spiro atoms. The van der Waals surface area contributed by atoms with Gasteiger partial charge >= 0.3 is 0 Å². The van der Waals surface area contributed by atoms with Crippen molar-refractivity contribution in [2.75, 3.05) is 19.6 Å². The molecule has 2 heterocycles. The second kappa shape index (κ2) is 8.64. The van der Waals surface area contributed by atoms with E-state index in [0.29, 0.717) is 40.8 Å². The molecule has 0 saturated heterocycles. The zero-order valence-corrected chi connectivity index (χ0v) is 19.4. The summed E-state index contributed by atoms with van der Waals surface area (Å²) < 4.78 is 1.75. The lowest BCUT2D eigenvalue weighted by Crippen LogP contribution is -2.54. The number of rotatable bonds is 8. The van der Waals surface area contributed by atoms with Crippen molar-refractivity contribution in [1.82, 2.24) is 19.6 Å². The first-order valence-corrected chi connectivity index (χ1v) is 11.9. The predicted octanol–water partition coefficient (Wildman–Crippen LogP) is 4.40. The van der Waals surface area contributed by atoms with E-state index in [0.717, 1.165) is 31.8 Å². The Hall–Kier alpha value is -2.37. The summed E-state index contributed by atoms with van der Waals surface area (Å²) in [4.78, 5) is 32.3. The van der Waals surface area contributed by atoms with E-state index in [-0.39, 0.29) is 11.8 Å². The summed E-state index contributed by atoms with van der Waals surface area (Å²) in [5.74, 6) is 1.96. The Morgan fingerprint density at radius 1 is 1.26 bits per heavy atom.